The van der Waals surface area contributed by atoms with Crippen molar-refractivity contribution in [2.45, 2.75) is 18.6 Å². The molecule has 1 aromatic heterocycles. The van der Waals surface area contributed by atoms with Gasteiger partial charge in [0.1, 0.15) is 17.2 Å². The molecule has 1 unspecified atom stereocenters. The highest BCUT2D eigenvalue weighted by Gasteiger charge is 2.02. The minimum atomic E-state index is 0.573. The van der Waals surface area contributed by atoms with Crippen molar-refractivity contribution >= 4 is 29.2 Å². The SMILES string of the molecule is CSC(C)CCNc1ncncc1Cl. The van der Waals surface area contributed by atoms with Crippen LogP contribution in [0.1, 0.15) is 13.3 Å². The summed E-state index contributed by atoms with van der Waals surface area (Å²) >= 11 is 7.74. The van der Waals surface area contributed by atoms with Crippen molar-refractivity contribution in [3.8, 4) is 0 Å². The molecule has 0 saturated carbocycles. The van der Waals surface area contributed by atoms with Crippen LogP contribution in [0.4, 0.5) is 5.82 Å². The topological polar surface area (TPSA) is 37.8 Å². The van der Waals surface area contributed by atoms with E-state index in [-0.39, 0.29) is 0 Å². The zero-order valence-electron chi connectivity index (χ0n) is 8.33. The highest BCUT2D eigenvalue weighted by Crippen LogP contribution is 2.16. The van der Waals surface area contributed by atoms with E-state index in [1.807, 2.05) is 11.8 Å². The number of nitrogens with zero attached hydrogens (tertiary/aromatic N) is 2. The zero-order chi connectivity index (χ0) is 10.4. The number of aromatic nitrogens is 2. The third-order valence-corrected chi connectivity index (χ3v) is 3.23. The molecule has 0 spiro atoms. The Bertz CT molecular complexity index is 283. The lowest BCUT2D eigenvalue weighted by atomic mass is 10.3. The van der Waals surface area contributed by atoms with Gasteiger partial charge in [0.15, 0.2) is 0 Å². The van der Waals surface area contributed by atoms with E-state index < -0.39 is 0 Å². The largest absolute Gasteiger partial charge is 0.369 e. The Labute approximate surface area is 93.7 Å². The minimum absolute atomic E-state index is 0.573. The highest BCUT2D eigenvalue weighted by atomic mass is 35.5. The van der Waals surface area contributed by atoms with E-state index in [9.17, 15) is 0 Å². The Kier molecular flexibility index (Phi) is 5.04. The van der Waals surface area contributed by atoms with Gasteiger partial charge in [-0.2, -0.15) is 11.8 Å². The molecule has 0 fully saturated rings. The molecule has 1 atom stereocenters. The van der Waals surface area contributed by atoms with Gasteiger partial charge in [0, 0.05) is 11.8 Å². The Morgan fingerprint density at radius 1 is 1.64 bits per heavy atom. The van der Waals surface area contributed by atoms with Crippen molar-refractivity contribution in [1.82, 2.24) is 9.97 Å². The van der Waals surface area contributed by atoms with Crippen molar-refractivity contribution in [3.05, 3.63) is 17.5 Å². The number of anilines is 1. The first-order chi connectivity index (χ1) is 6.74. The van der Waals surface area contributed by atoms with Crippen LogP contribution >= 0.6 is 23.4 Å². The second-order valence-electron chi connectivity index (χ2n) is 2.98. The van der Waals surface area contributed by atoms with Crippen LogP contribution in [0.5, 0.6) is 0 Å². The van der Waals surface area contributed by atoms with Crippen molar-refractivity contribution < 1.29 is 0 Å². The second kappa shape index (κ2) is 6.09. The van der Waals surface area contributed by atoms with Gasteiger partial charge in [-0.25, -0.2) is 9.97 Å². The van der Waals surface area contributed by atoms with Gasteiger partial charge in [0.2, 0.25) is 0 Å². The molecule has 0 aliphatic rings. The van der Waals surface area contributed by atoms with Gasteiger partial charge in [-0.05, 0) is 12.7 Å². The predicted molar refractivity (Wildman–Crippen MR) is 63.1 cm³/mol. The molecule has 0 bridgehead atoms. The Morgan fingerprint density at radius 2 is 2.43 bits per heavy atom. The van der Waals surface area contributed by atoms with E-state index in [1.54, 1.807) is 6.20 Å². The van der Waals surface area contributed by atoms with Crippen LogP contribution in [-0.4, -0.2) is 28.0 Å². The normalized spacial score (nSPS) is 12.5. The predicted octanol–water partition coefficient (Wildman–Crippen LogP) is 2.68. The quantitative estimate of drug-likeness (QED) is 0.846. The number of halogens is 1. The van der Waals surface area contributed by atoms with E-state index in [0.717, 1.165) is 18.8 Å². The lowest BCUT2D eigenvalue weighted by Gasteiger charge is -2.09. The van der Waals surface area contributed by atoms with Crippen LogP contribution in [0.25, 0.3) is 0 Å². The van der Waals surface area contributed by atoms with Crippen LogP contribution in [-0.2, 0) is 0 Å². The fraction of sp³-hybridized carbons (Fsp3) is 0.556. The first-order valence-corrected chi connectivity index (χ1v) is 6.12. The molecule has 0 amide bonds. The lowest BCUT2D eigenvalue weighted by Crippen LogP contribution is -2.09. The first kappa shape index (κ1) is 11.6. The van der Waals surface area contributed by atoms with Crippen LogP contribution in [0.3, 0.4) is 0 Å². The van der Waals surface area contributed by atoms with Gasteiger partial charge >= 0.3 is 0 Å². The number of thioether (sulfide) groups is 1. The van der Waals surface area contributed by atoms with Gasteiger partial charge < -0.3 is 5.32 Å². The molecular weight excluding hydrogens is 218 g/mol. The molecule has 1 heterocycles. The molecule has 1 aromatic rings. The number of hydrogen-bond acceptors (Lipinski definition) is 4. The molecule has 0 aliphatic heterocycles. The molecule has 1 N–H and O–H groups in total. The smallest absolute Gasteiger partial charge is 0.148 e. The molecule has 1 rings (SSSR count). The van der Waals surface area contributed by atoms with Crippen LogP contribution < -0.4 is 5.32 Å². The van der Waals surface area contributed by atoms with Gasteiger partial charge in [-0.15, -0.1) is 0 Å². The lowest BCUT2D eigenvalue weighted by molar-refractivity contribution is 0.849. The van der Waals surface area contributed by atoms with Crippen molar-refractivity contribution in [3.63, 3.8) is 0 Å². The minimum Gasteiger partial charge on any atom is -0.369 e. The summed E-state index contributed by atoms with van der Waals surface area (Å²) in [5.74, 6) is 0.718. The first-order valence-electron chi connectivity index (χ1n) is 4.46. The summed E-state index contributed by atoms with van der Waals surface area (Å²) in [5.41, 5.74) is 0. The molecule has 3 nitrogen and oxygen atoms in total. The van der Waals surface area contributed by atoms with Crippen molar-refractivity contribution in [2.75, 3.05) is 18.1 Å². The summed E-state index contributed by atoms with van der Waals surface area (Å²) in [6.07, 6.45) is 6.30. The van der Waals surface area contributed by atoms with E-state index in [1.165, 1.54) is 6.33 Å². The summed E-state index contributed by atoms with van der Waals surface area (Å²) in [7, 11) is 0. The zero-order valence-corrected chi connectivity index (χ0v) is 9.90. The fourth-order valence-electron chi connectivity index (χ4n) is 0.954. The molecule has 0 aliphatic carbocycles. The van der Waals surface area contributed by atoms with Crippen LogP contribution in [0, 0.1) is 0 Å². The molecule has 14 heavy (non-hydrogen) atoms. The van der Waals surface area contributed by atoms with Gasteiger partial charge in [0.25, 0.3) is 0 Å². The van der Waals surface area contributed by atoms with E-state index >= 15 is 0 Å². The van der Waals surface area contributed by atoms with Gasteiger partial charge in [-0.1, -0.05) is 18.5 Å². The second-order valence-corrected chi connectivity index (χ2v) is 4.66. The van der Waals surface area contributed by atoms with E-state index in [2.05, 4.69) is 28.5 Å². The van der Waals surface area contributed by atoms with Crippen LogP contribution in [0.15, 0.2) is 12.5 Å². The summed E-state index contributed by atoms with van der Waals surface area (Å²) in [4.78, 5) is 7.86. The van der Waals surface area contributed by atoms with Crippen LogP contribution in [0.2, 0.25) is 5.02 Å². The van der Waals surface area contributed by atoms with Crippen molar-refractivity contribution in [2.24, 2.45) is 0 Å². The number of hydrogen-bond donors (Lipinski definition) is 1. The van der Waals surface area contributed by atoms with Gasteiger partial charge in [0.05, 0.1) is 6.20 Å². The van der Waals surface area contributed by atoms with Gasteiger partial charge in [-0.3, -0.25) is 0 Å². The maximum atomic E-state index is 5.88. The Morgan fingerprint density at radius 3 is 3.07 bits per heavy atom. The summed E-state index contributed by atoms with van der Waals surface area (Å²) < 4.78 is 0. The molecule has 0 saturated heterocycles. The monoisotopic (exact) mass is 231 g/mol. The summed E-state index contributed by atoms with van der Waals surface area (Å²) in [5, 5.41) is 4.41. The summed E-state index contributed by atoms with van der Waals surface area (Å²) in [6, 6.07) is 0. The fourth-order valence-corrected chi connectivity index (χ4v) is 1.48. The molecule has 5 heteroatoms. The number of nitrogens with one attached hydrogen (secondary N) is 1. The average molecular weight is 232 g/mol. The molecular formula is C9H14ClN3S. The van der Waals surface area contributed by atoms with E-state index in [0.29, 0.717) is 10.3 Å². The molecule has 78 valence electrons. The average Bonchev–Trinajstić information content (AvgIpc) is 2.20. The maximum absolute atomic E-state index is 5.88. The third-order valence-electron chi connectivity index (χ3n) is 1.91. The number of rotatable bonds is 5. The molecule has 0 radical (unpaired) electrons. The highest BCUT2D eigenvalue weighted by molar-refractivity contribution is 7.99. The Hall–Kier alpha value is -0.480. The van der Waals surface area contributed by atoms with E-state index in [4.69, 9.17) is 11.6 Å². The third kappa shape index (κ3) is 3.72. The van der Waals surface area contributed by atoms with Crippen molar-refractivity contribution in [1.29, 1.82) is 0 Å². The maximum Gasteiger partial charge on any atom is 0.148 e. The molecule has 0 aromatic carbocycles. The standard InChI is InChI=1S/C9H14ClN3S/c1-7(14-2)3-4-12-9-8(10)5-11-6-13-9/h5-7H,3-4H2,1-2H3,(H,11,12,13). The summed E-state index contributed by atoms with van der Waals surface area (Å²) in [6.45, 7) is 3.09. The Balaban J connectivity index is 2.35.